The summed E-state index contributed by atoms with van der Waals surface area (Å²) in [7, 11) is 0. The van der Waals surface area contributed by atoms with Crippen molar-refractivity contribution in [3.8, 4) is 0 Å². The van der Waals surface area contributed by atoms with Gasteiger partial charge in [-0.1, -0.05) is 64.7 Å². The number of hydrogen-bond acceptors (Lipinski definition) is 3. The fraction of sp³-hybridized carbons (Fsp3) is 1.00. The molecule has 0 radical (unpaired) electrons. The second kappa shape index (κ2) is 22.3. The molecule has 0 fully saturated rings. The number of unbranched alkanes of at least 4 members (excludes halogenated alkanes) is 9. The van der Waals surface area contributed by atoms with E-state index in [9.17, 15) is 4.21 Å². The van der Waals surface area contributed by atoms with Crippen LogP contribution in [0.4, 0.5) is 0 Å². The molecular formula is C16H36O4S. The SMILES string of the molecule is CCCCCCCCCCCCOS(=O)O.CCOCC. The van der Waals surface area contributed by atoms with Crippen molar-refractivity contribution in [3.63, 3.8) is 0 Å². The molecule has 0 saturated carbocycles. The maximum Gasteiger partial charge on any atom is 0.301 e. The highest BCUT2D eigenvalue weighted by molar-refractivity contribution is 7.74. The van der Waals surface area contributed by atoms with Gasteiger partial charge in [0.1, 0.15) is 0 Å². The van der Waals surface area contributed by atoms with Crippen LogP contribution < -0.4 is 0 Å². The lowest BCUT2D eigenvalue weighted by molar-refractivity contribution is 0.162. The molecular weight excluding hydrogens is 288 g/mol. The van der Waals surface area contributed by atoms with Crippen LogP contribution in [0.1, 0.15) is 85.0 Å². The maximum absolute atomic E-state index is 10.1. The first kappa shape index (κ1) is 23.3. The van der Waals surface area contributed by atoms with Gasteiger partial charge < -0.3 is 4.74 Å². The first-order valence-electron chi connectivity index (χ1n) is 8.50. The third-order valence-corrected chi connectivity index (χ3v) is 3.46. The maximum atomic E-state index is 10.1. The van der Waals surface area contributed by atoms with E-state index in [4.69, 9.17) is 9.29 Å². The van der Waals surface area contributed by atoms with Crippen LogP contribution in [0.25, 0.3) is 0 Å². The number of rotatable bonds is 14. The van der Waals surface area contributed by atoms with Gasteiger partial charge in [-0.05, 0) is 20.3 Å². The van der Waals surface area contributed by atoms with Crippen LogP contribution in [0.2, 0.25) is 0 Å². The fourth-order valence-electron chi connectivity index (χ4n) is 1.92. The summed E-state index contributed by atoms with van der Waals surface area (Å²) in [6, 6.07) is 0. The van der Waals surface area contributed by atoms with E-state index < -0.39 is 11.4 Å². The minimum Gasteiger partial charge on any atom is -0.382 e. The Morgan fingerprint density at radius 2 is 1.19 bits per heavy atom. The van der Waals surface area contributed by atoms with Crippen molar-refractivity contribution >= 4 is 11.4 Å². The molecule has 0 heterocycles. The molecule has 0 aromatic rings. The van der Waals surface area contributed by atoms with E-state index in [0.29, 0.717) is 6.61 Å². The average Bonchev–Trinajstić information content (AvgIpc) is 2.46. The van der Waals surface area contributed by atoms with Gasteiger partial charge in [0.25, 0.3) is 0 Å². The third kappa shape index (κ3) is 28.8. The summed E-state index contributed by atoms with van der Waals surface area (Å²) in [5.41, 5.74) is 0. The molecule has 0 rings (SSSR count). The normalized spacial score (nSPS) is 11.8. The van der Waals surface area contributed by atoms with Gasteiger partial charge in [0.05, 0.1) is 6.61 Å². The van der Waals surface area contributed by atoms with Gasteiger partial charge in [0.15, 0.2) is 0 Å². The van der Waals surface area contributed by atoms with Crippen LogP contribution in [0, 0.1) is 0 Å². The Balaban J connectivity index is 0. The minimum atomic E-state index is -2.08. The highest BCUT2D eigenvalue weighted by Gasteiger charge is 1.94. The molecule has 1 unspecified atom stereocenters. The number of ether oxygens (including phenoxy) is 1. The molecule has 0 aliphatic carbocycles. The smallest absolute Gasteiger partial charge is 0.301 e. The Labute approximate surface area is 134 Å². The second-order valence-corrected chi connectivity index (χ2v) is 5.67. The van der Waals surface area contributed by atoms with Gasteiger partial charge in [-0.25, -0.2) is 0 Å². The molecule has 0 aromatic heterocycles. The summed E-state index contributed by atoms with van der Waals surface area (Å²) < 4.78 is 27.9. The quantitative estimate of drug-likeness (QED) is 0.356. The average molecular weight is 325 g/mol. The van der Waals surface area contributed by atoms with E-state index >= 15 is 0 Å². The lowest BCUT2D eigenvalue weighted by atomic mass is 10.1. The molecule has 21 heavy (non-hydrogen) atoms. The molecule has 0 aromatic carbocycles. The van der Waals surface area contributed by atoms with E-state index in [1.807, 2.05) is 13.8 Å². The molecule has 0 spiro atoms. The van der Waals surface area contributed by atoms with Crippen molar-refractivity contribution in [3.05, 3.63) is 0 Å². The summed E-state index contributed by atoms with van der Waals surface area (Å²) in [5, 5.41) is 0. The van der Waals surface area contributed by atoms with Crippen molar-refractivity contribution in [2.75, 3.05) is 19.8 Å². The standard InChI is InChI=1S/C12H26O3S.C4H10O/c1-2-3-4-5-6-7-8-9-10-11-12-15-16(13)14;1-3-5-4-2/h2-12H2,1H3,(H,13,14);3-4H2,1-2H3. The Kier molecular flexibility index (Phi) is 24.8. The second-order valence-electron chi connectivity index (χ2n) is 5.00. The van der Waals surface area contributed by atoms with Crippen molar-refractivity contribution in [2.24, 2.45) is 0 Å². The van der Waals surface area contributed by atoms with Gasteiger partial charge in [0.2, 0.25) is 0 Å². The number of hydrogen-bond donors (Lipinski definition) is 1. The Bertz CT molecular complexity index is 199. The Morgan fingerprint density at radius 3 is 1.52 bits per heavy atom. The zero-order chi connectivity index (χ0) is 16.2. The van der Waals surface area contributed by atoms with Gasteiger partial charge in [-0.3, -0.25) is 8.74 Å². The van der Waals surface area contributed by atoms with E-state index in [1.54, 1.807) is 0 Å². The van der Waals surface area contributed by atoms with Crippen LogP contribution in [0.15, 0.2) is 0 Å². The first-order chi connectivity index (χ1) is 10.2. The molecule has 0 aliphatic rings. The Morgan fingerprint density at radius 1 is 0.762 bits per heavy atom. The van der Waals surface area contributed by atoms with Crippen molar-refractivity contribution < 1.29 is 17.7 Å². The summed E-state index contributed by atoms with van der Waals surface area (Å²) in [5.74, 6) is 0. The molecule has 130 valence electrons. The van der Waals surface area contributed by atoms with E-state index in [2.05, 4.69) is 11.1 Å². The third-order valence-electron chi connectivity index (χ3n) is 3.09. The fourth-order valence-corrected chi connectivity index (χ4v) is 2.18. The molecule has 0 bridgehead atoms. The summed E-state index contributed by atoms with van der Waals surface area (Å²) in [6.07, 6.45) is 12.6. The van der Waals surface area contributed by atoms with Crippen LogP contribution in [-0.4, -0.2) is 28.6 Å². The van der Waals surface area contributed by atoms with E-state index in [1.165, 1.54) is 51.4 Å². The molecule has 5 heteroatoms. The Hall–Kier alpha value is 0.0300. The van der Waals surface area contributed by atoms with Crippen molar-refractivity contribution in [2.45, 2.75) is 85.0 Å². The zero-order valence-electron chi connectivity index (χ0n) is 14.3. The zero-order valence-corrected chi connectivity index (χ0v) is 15.1. The minimum absolute atomic E-state index is 0.402. The van der Waals surface area contributed by atoms with Crippen LogP contribution in [-0.2, 0) is 20.3 Å². The van der Waals surface area contributed by atoms with E-state index in [-0.39, 0.29) is 0 Å². The molecule has 1 atom stereocenters. The highest BCUT2D eigenvalue weighted by Crippen LogP contribution is 2.10. The van der Waals surface area contributed by atoms with Crippen LogP contribution >= 0.6 is 0 Å². The summed E-state index contributed by atoms with van der Waals surface area (Å²) in [6.45, 7) is 8.31. The molecule has 0 aliphatic heterocycles. The predicted molar refractivity (Wildman–Crippen MR) is 90.7 cm³/mol. The van der Waals surface area contributed by atoms with Crippen LogP contribution in [0.5, 0.6) is 0 Å². The molecule has 0 saturated heterocycles. The van der Waals surface area contributed by atoms with Crippen molar-refractivity contribution in [1.82, 2.24) is 0 Å². The predicted octanol–water partition coefficient (Wildman–Crippen LogP) is 5.10. The van der Waals surface area contributed by atoms with Gasteiger partial charge in [0, 0.05) is 13.2 Å². The van der Waals surface area contributed by atoms with Crippen molar-refractivity contribution in [1.29, 1.82) is 0 Å². The largest absolute Gasteiger partial charge is 0.382 e. The lowest BCUT2D eigenvalue weighted by Gasteiger charge is -2.01. The first-order valence-corrected chi connectivity index (χ1v) is 9.54. The monoisotopic (exact) mass is 324 g/mol. The molecule has 0 amide bonds. The highest BCUT2D eigenvalue weighted by atomic mass is 32.2. The van der Waals surface area contributed by atoms with Gasteiger partial charge in [-0.2, -0.15) is 4.21 Å². The van der Waals surface area contributed by atoms with Gasteiger partial charge in [-0.15, -0.1) is 0 Å². The lowest BCUT2D eigenvalue weighted by Crippen LogP contribution is -1.97. The van der Waals surface area contributed by atoms with E-state index in [0.717, 1.165) is 26.1 Å². The molecule has 1 N–H and O–H groups in total. The topological polar surface area (TPSA) is 55.8 Å². The summed E-state index contributed by atoms with van der Waals surface area (Å²) >= 11 is -2.08. The van der Waals surface area contributed by atoms with Crippen LogP contribution in [0.3, 0.4) is 0 Å². The van der Waals surface area contributed by atoms with Gasteiger partial charge >= 0.3 is 11.4 Å². The summed E-state index contributed by atoms with van der Waals surface area (Å²) in [4.78, 5) is 0. The molecule has 4 nitrogen and oxygen atoms in total.